The molecular formula is C4H7BrClF2O2P. The van der Waals surface area contributed by atoms with Gasteiger partial charge in [0, 0.05) is 6.16 Å². The normalized spacial score (nSPS) is 17.9. The Kier molecular flexibility index (Phi) is 4.48. The van der Waals surface area contributed by atoms with Gasteiger partial charge in [-0.05, 0) is 11.2 Å². The molecular weight excluding hydrogens is 264 g/mol. The zero-order valence-corrected chi connectivity index (χ0v) is 8.93. The smallest absolute Gasteiger partial charge is 0.275 e. The first-order valence-electron chi connectivity index (χ1n) is 2.76. The Morgan fingerprint density at radius 1 is 1.73 bits per heavy atom. The molecule has 0 spiro atoms. The summed E-state index contributed by atoms with van der Waals surface area (Å²) in [5, 5.41) is -0.712. The van der Waals surface area contributed by atoms with Gasteiger partial charge in [-0.2, -0.15) is 8.78 Å². The van der Waals surface area contributed by atoms with Crippen molar-refractivity contribution in [3.63, 3.8) is 0 Å². The van der Waals surface area contributed by atoms with Crippen LogP contribution in [0.3, 0.4) is 0 Å². The lowest BCUT2D eigenvalue weighted by Crippen LogP contribution is -2.20. The average molecular weight is 271 g/mol. The average Bonchev–Trinajstić information content (AvgIpc) is 1.86. The summed E-state index contributed by atoms with van der Waals surface area (Å²) in [5.41, 5.74) is 0. The molecule has 11 heavy (non-hydrogen) atoms. The summed E-state index contributed by atoms with van der Waals surface area (Å²) in [4.78, 5) is 0. The van der Waals surface area contributed by atoms with E-state index in [0.29, 0.717) is 0 Å². The van der Waals surface area contributed by atoms with Crippen molar-refractivity contribution < 1.29 is 17.9 Å². The van der Waals surface area contributed by atoms with Gasteiger partial charge in [0.15, 0.2) is 0 Å². The lowest BCUT2D eigenvalue weighted by molar-refractivity contribution is -0.150. The van der Waals surface area contributed by atoms with Crippen molar-refractivity contribution in [1.82, 2.24) is 0 Å². The topological polar surface area (TPSA) is 26.3 Å². The fraction of sp³-hybridized carbons (Fsp3) is 1.00. The molecule has 0 aliphatic carbocycles. The van der Waals surface area contributed by atoms with E-state index in [1.54, 1.807) is 0 Å². The summed E-state index contributed by atoms with van der Waals surface area (Å²) in [6.07, 6.45) is -3.57. The van der Waals surface area contributed by atoms with Gasteiger partial charge < -0.3 is 0 Å². The second kappa shape index (κ2) is 4.17. The molecule has 1 atom stereocenters. The van der Waals surface area contributed by atoms with Crippen LogP contribution in [0.4, 0.5) is 8.78 Å². The van der Waals surface area contributed by atoms with Crippen molar-refractivity contribution >= 4 is 33.9 Å². The lowest BCUT2D eigenvalue weighted by Gasteiger charge is -2.16. The minimum Gasteiger partial charge on any atom is -0.275 e. The lowest BCUT2D eigenvalue weighted by atomic mass is 10.8. The fourth-order valence-electron chi connectivity index (χ4n) is 0.288. The molecule has 0 heterocycles. The summed E-state index contributed by atoms with van der Waals surface area (Å²) < 4.78 is 39.3. The molecule has 2 nitrogen and oxygen atoms in total. The monoisotopic (exact) mass is 270 g/mol. The molecule has 1 unspecified atom stereocenters. The zero-order valence-electron chi connectivity index (χ0n) is 5.69. The first kappa shape index (κ1) is 11.8. The number of alkyl halides is 3. The molecule has 0 aromatic carbocycles. The first-order chi connectivity index (χ1) is 4.83. The van der Waals surface area contributed by atoms with E-state index in [-0.39, 0.29) is 6.16 Å². The van der Waals surface area contributed by atoms with Gasteiger partial charge in [0.2, 0.25) is 0 Å². The van der Waals surface area contributed by atoms with Crippen molar-refractivity contribution in [2.24, 2.45) is 0 Å². The maximum atomic E-state index is 12.3. The van der Waals surface area contributed by atoms with Crippen LogP contribution in [-0.4, -0.2) is 17.6 Å². The van der Waals surface area contributed by atoms with Crippen LogP contribution in [0.1, 0.15) is 6.92 Å². The van der Waals surface area contributed by atoms with Gasteiger partial charge >= 0.3 is 6.11 Å². The van der Waals surface area contributed by atoms with Crippen LogP contribution >= 0.6 is 33.9 Å². The molecule has 7 heteroatoms. The van der Waals surface area contributed by atoms with Crippen molar-refractivity contribution in [3.05, 3.63) is 0 Å². The highest BCUT2D eigenvalue weighted by molar-refractivity contribution is 9.09. The quantitative estimate of drug-likeness (QED) is 0.578. The second-order valence-electron chi connectivity index (χ2n) is 1.77. The molecule has 68 valence electrons. The first-order valence-corrected chi connectivity index (χ1v) is 6.60. The van der Waals surface area contributed by atoms with Crippen LogP contribution in [0.5, 0.6) is 0 Å². The third-order valence-corrected chi connectivity index (χ3v) is 3.68. The van der Waals surface area contributed by atoms with E-state index in [2.05, 4.69) is 20.5 Å². The van der Waals surface area contributed by atoms with E-state index in [0.717, 1.165) is 0 Å². The minimum atomic E-state index is -3.62. The second-order valence-corrected chi connectivity index (χ2v) is 5.87. The van der Waals surface area contributed by atoms with Crippen molar-refractivity contribution in [1.29, 1.82) is 0 Å². The zero-order chi connectivity index (χ0) is 9.12. The minimum absolute atomic E-state index is 0.114. The summed E-state index contributed by atoms with van der Waals surface area (Å²) in [5.74, 6) is 0. The SMILES string of the molecule is CCP(=O)(Cl)OC(F)(F)CBr. The van der Waals surface area contributed by atoms with E-state index in [1.807, 2.05) is 0 Å². The molecule has 0 bridgehead atoms. The predicted octanol–water partition coefficient (Wildman–Crippen LogP) is 3.44. The molecule has 0 aliphatic rings. The standard InChI is InChI=1S/C4H7BrClF2O2P/c1-2-11(6,9)10-4(7,8)3-5/h2-3H2,1H3. The Hall–Kier alpha value is 0.820. The van der Waals surface area contributed by atoms with Gasteiger partial charge in [-0.3, -0.25) is 9.09 Å². The Morgan fingerprint density at radius 2 is 2.18 bits per heavy atom. The van der Waals surface area contributed by atoms with E-state index < -0.39 is 18.2 Å². The molecule has 0 N–H and O–H groups in total. The highest BCUT2D eigenvalue weighted by Gasteiger charge is 2.36. The van der Waals surface area contributed by atoms with Crippen molar-refractivity contribution in [2.45, 2.75) is 13.0 Å². The van der Waals surface area contributed by atoms with Gasteiger partial charge in [-0.25, -0.2) is 0 Å². The van der Waals surface area contributed by atoms with Crippen LogP contribution in [0.15, 0.2) is 0 Å². The van der Waals surface area contributed by atoms with Crippen LogP contribution in [0, 0.1) is 0 Å². The maximum absolute atomic E-state index is 12.3. The van der Waals surface area contributed by atoms with Gasteiger partial charge in [0.05, 0.1) is 5.33 Å². The van der Waals surface area contributed by atoms with Crippen LogP contribution in [-0.2, 0) is 9.09 Å². The number of hydrogen-bond donors (Lipinski definition) is 0. The van der Waals surface area contributed by atoms with Crippen LogP contribution in [0.25, 0.3) is 0 Å². The highest BCUT2D eigenvalue weighted by atomic mass is 79.9. The van der Waals surface area contributed by atoms with Gasteiger partial charge in [-0.15, -0.1) is 0 Å². The van der Waals surface area contributed by atoms with E-state index in [4.69, 9.17) is 11.2 Å². The number of hydrogen-bond acceptors (Lipinski definition) is 2. The Morgan fingerprint density at radius 3 is 2.45 bits per heavy atom. The summed E-state index contributed by atoms with van der Waals surface area (Å²) in [6, 6.07) is 0. The highest BCUT2D eigenvalue weighted by Crippen LogP contribution is 2.55. The Balaban J connectivity index is 4.14. The molecule has 0 saturated carbocycles. The maximum Gasteiger partial charge on any atom is 0.371 e. The molecule has 0 amide bonds. The predicted molar refractivity (Wildman–Crippen MR) is 43.8 cm³/mol. The van der Waals surface area contributed by atoms with Crippen molar-refractivity contribution in [2.75, 3.05) is 11.5 Å². The fourth-order valence-corrected chi connectivity index (χ4v) is 1.48. The molecule has 0 fully saturated rings. The number of halogens is 4. The molecule has 0 aromatic heterocycles. The molecule has 0 aliphatic heterocycles. The molecule has 0 rings (SSSR count). The van der Waals surface area contributed by atoms with Gasteiger partial charge in [0.1, 0.15) is 0 Å². The van der Waals surface area contributed by atoms with Crippen LogP contribution in [0.2, 0.25) is 0 Å². The molecule has 0 aromatic rings. The Labute approximate surface area is 76.6 Å². The molecule has 0 radical (unpaired) electrons. The van der Waals surface area contributed by atoms with Gasteiger partial charge in [0.25, 0.3) is 6.72 Å². The summed E-state index contributed by atoms with van der Waals surface area (Å²) >= 11 is 7.61. The van der Waals surface area contributed by atoms with Crippen molar-refractivity contribution in [3.8, 4) is 0 Å². The van der Waals surface area contributed by atoms with E-state index in [1.165, 1.54) is 6.92 Å². The van der Waals surface area contributed by atoms with Crippen LogP contribution < -0.4 is 0 Å². The third-order valence-electron chi connectivity index (χ3n) is 0.803. The van der Waals surface area contributed by atoms with E-state index >= 15 is 0 Å². The van der Waals surface area contributed by atoms with Gasteiger partial charge in [-0.1, -0.05) is 22.9 Å². The summed E-state index contributed by atoms with van der Waals surface area (Å²) in [6.45, 7) is -2.20. The van der Waals surface area contributed by atoms with E-state index in [9.17, 15) is 13.3 Å². The number of rotatable bonds is 4. The molecule has 0 saturated heterocycles. The Bertz CT molecular complexity index is 177. The summed E-state index contributed by atoms with van der Waals surface area (Å²) in [7, 11) is 0. The largest absolute Gasteiger partial charge is 0.371 e. The third kappa shape index (κ3) is 5.12.